The first kappa shape index (κ1) is 27.4. The molecule has 4 rings (SSSR count). The monoisotopic (exact) mass is 529 g/mol. The van der Waals surface area contributed by atoms with E-state index in [1.165, 1.54) is 18.9 Å². The zero-order valence-electron chi connectivity index (χ0n) is 22.2. The number of carbonyl (C=O) groups excluding carboxylic acids is 3. The van der Waals surface area contributed by atoms with Crippen molar-refractivity contribution in [1.29, 1.82) is 0 Å². The molecule has 1 N–H and O–H groups in total. The Morgan fingerprint density at radius 1 is 0.872 bits per heavy atom. The number of amides is 1. The number of carbonyl (C=O) groups is 3. The first-order valence-corrected chi connectivity index (χ1v) is 12.8. The molecule has 0 bridgehead atoms. The van der Waals surface area contributed by atoms with Gasteiger partial charge >= 0.3 is 5.97 Å². The maximum absolute atomic E-state index is 13.4. The Kier molecular flexibility index (Phi) is 8.66. The number of esters is 1. The third-order valence-corrected chi connectivity index (χ3v) is 6.40. The lowest BCUT2D eigenvalue weighted by atomic mass is 9.95. The molecule has 1 heterocycles. The predicted molar refractivity (Wildman–Crippen MR) is 147 cm³/mol. The van der Waals surface area contributed by atoms with Crippen LogP contribution in [-0.4, -0.2) is 36.5 Å². The number of rotatable bonds is 10. The molecule has 1 unspecified atom stereocenters. The number of hydrogen-bond donors (Lipinski definition) is 1. The van der Waals surface area contributed by atoms with Gasteiger partial charge in [-0.2, -0.15) is 0 Å². The van der Waals surface area contributed by atoms with Crippen molar-refractivity contribution in [2.24, 2.45) is 0 Å². The number of anilines is 1. The smallest absolute Gasteiger partial charge is 0.308 e. The first-order valence-electron chi connectivity index (χ1n) is 12.8. The number of benzene rings is 3. The van der Waals surface area contributed by atoms with Gasteiger partial charge in [-0.3, -0.25) is 19.3 Å². The summed E-state index contributed by atoms with van der Waals surface area (Å²) in [5.74, 6) is -0.777. The Balaban J connectivity index is 1.75. The van der Waals surface area contributed by atoms with E-state index in [2.05, 4.69) is 6.92 Å². The van der Waals surface area contributed by atoms with Crippen LogP contribution in [0.1, 0.15) is 50.3 Å². The third-order valence-electron chi connectivity index (χ3n) is 6.40. The second-order valence-corrected chi connectivity index (χ2v) is 9.11. The van der Waals surface area contributed by atoms with Crippen LogP contribution in [0.4, 0.5) is 5.69 Å². The molecular weight excluding hydrogens is 498 g/mol. The average molecular weight is 530 g/mol. The van der Waals surface area contributed by atoms with Crippen LogP contribution in [0.25, 0.3) is 5.76 Å². The van der Waals surface area contributed by atoms with E-state index >= 15 is 0 Å². The van der Waals surface area contributed by atoms with E-state index in [1.807, 2.05) is 0 Å². The summed E-state index contributed by atoms with van der Waals surface area (Å²) in [5.41, 5.74) is 1.35. The van der Waals surface area contributed by atoms with Crippen LogP contribution < -0.4 is 19.1 Å². The Morgan fingerprint density at radius 2 is 1.49 bits per heavy atom. The summed E-state index contributed by atoms with van der Waals surface area (Å²) in [6.45, 7) is 4.01. The van der Waals surface area contributed by atoms with Crippen LogP contribution in [0.2, 0.25) is 0 Å². The summed E-state index contributed by atoms with van der Waals surface area (Å²) in [6, 6.07) is 19.1. The number of ketones is 1. The number of Topliss-reactive ketones (excluding diaryl/α,β-unsaturated/α-hetero) is 1. The van der Waals surface area contributed by atoms with Gasteiger partial charge in [-0.1, -0.05) is 31.9 Å². The molecule has 8 heteroatoms. The maximum atomic E-state index is 13.4. The van der Waals surface area contributed by atoms with E-state index in [0.717, 1.165) is 19.3 Å². The third kappa shape index (κ3) is 6.12. The van der Waals surface area contributed by atoms with Gasteiger partial charge in [-0.15, -0.1) is 0 Å². The Hall–Kier alpha value is -4.59. The van der Waals surface area contributed by atoms with Gasteiger partial charge < -0.3 is 19.3 Å². The van der Waals surface area contributed by atoms with E-state index < -0.39 is 23.7 Å². The van der Waals surface area contributed by atoms with Crippen molar-refractivity contribution in [3.05, 3.63) is 89.5 Å². The Bertz CT molecular complexity index is 1360. The molecule has 0 aliphatic carbocycles. The minimum atomic E-state index is -0.922. The molecule has 8 nitrogen and oxygen atoms in total. The summed E-state index contributed by atoms with van der Waals surface area (Å²) in [5, 5.41) is 11.3. The lowest BCUT2D eigenvalue weighted by Crippen LogP contribution is -2.29. The molecule has 0 aromatic heterocycles. The van der Waals surface area contributed by atoms with E-state index in [1.54, 1.807) is 72.8 Å². The lowest BCUT2D eigenvalue weighted by Gasteiger charge is -2.25. The summed E-state index contributed by atoms with van der Waals surface area (Å²) < 4.78 is 16.1. The van der Waals surface area contributed by atoms with Gasteiger partial charge in [0.1, 0.15) is 23.0 Å². The minimum absolute atomic E-state index is 0.0485. The summed E-state index contributed by atoms with van der Waals surface area (Å²) in [4.78, 5) is 39.4. The van der Waals surface area contributed by atoms with Gasteiger partial charge in [-0.25, -0.2) is 0 Å². The second kappa shape index (κ2) is 12.3. The SMILES string of the molecule is CCCCCOc1ccc(/C(O)=C2\C(=O)C(=O)N(c3ccc(OC)cc3)C2c2ccc(OC(C)=O)cc2)cc1. The number of hydrogen-bond acceptors (Lipinski definition) is 7. The molecule has 1 aliphatic heterocycles. The predicted octanol–water partition coefficient (Wildman–Crippen LogP) is 5.82. The van der Waals surface area contributed by atoms with E-state index in [9.17, 15) is 19.5 Å². The van der Waals surface area contributed by atoms with E-state index in [4.69, 9.17) is 14.2 Å². The molecule has 1 aliphatic rings. The number of methoxy groups -OCH3 is 1. The summed E-state index contributed by atoms with van der Waals surface area (Å²) in [7, 11) is 1.54. The quantitative estimate of drug-likeness (QED) is 0.0882. The van der Waals surface area contributed by atoms with Gasteiger partial charge in [0.2, 0.25) is 0 Å². The van der Waals surface area contributed by atoms with E-state index in [-0.39, 0.29) is 11.3 Å². The van der Waals surface area contributed by atoms with Gasteiger partial charge in [-0.05, 0) is 72.6 Å². The van der Waals surface area contributed by atoms with Crippen molar-refractivity contribution < 1.29 is 33.7 Å². The second-order valence-electron chi connectivity index (χ2n) is 9.11. The molecule has 1 amide bonds. The van der Waals surface area contributed by atoms with E-state index in [0.29, 0.717) is 40.7 Å². The maximum Gasteiger partial charge on any atom is 0.308 e. The molecule has 3 aromatic rings. The van der Waals surface area contributed by atoms with Crippen LogP contribution in [0.5, 0.6) is 17.2 Å². The van der Waals surface area contributed by atoms with Gasteiger partial charge in [0.25, 0.3) is 11.7 Å². The average Bonchev–Trinajstić information content (AvgIpc) is 3.21. The fourth-order valence-corrected chi connectivity index (χ4v) is 4.45. The minimum Gasteiger partial charge on any atom is -0.507 e. The van der Waals surface area contributed by atoms with Crippen molar-refractivity contribution in [3.8, 4) is 17.2 Å². The standard InChI is InChI=1S/C31H31NO7/c1-4-5-6-19-38-25-13-9-22(10-14-25)29(34)27-28(21-7-15-26(16-8-21)39-20(2)33)32(31(36)30(27)35)23-11-17-24(37-3)18-12-23/h7-18,28,34H,4-6,19H2,1-3H3/b29-27+. The molecule has 1 atom stereocenters. The number of unbranched alkanes of at least 4 members (excludes halogenated alkanes) is 2. The molecule has 0 spiro atoms. The van der Waals surface area contributed by atoms with Crippen LogP contribution in [0.15, 0.2) is 78.4 Å². The first-order chi connectivity index (χ1) is 18.8. The summed E-state index contributed by atoms with van der Waals surface area (Å²) in [6.07, 6.45) is 3.12. The van der Waals surface area contributed by atoms with Gasteiger partial charge in [0.05, 0.1) is 25.3 Å². The molecule has 202 valence electrons. The normalized spacial score (nSPS) is 16.3. The largest absolute Gasteiger partial charge is 0.507 e. The molecule has 3 aromatic carbocycles. The zero-order valence-corrected chi connectivity index (χ0v) is 22.2. The molecule has 1 fully saturated rings. The fourth-order valence-electron chi connectivity index (χ4n) is 4.45. The van der Waals surface area contributed by atoms with Crippen LogP contribution in [-0.2, 0) is 14.4 Å². The number of aliphatic hydroxyl groups excluding tert-OH is 1. The number of ether oxygens (including phenoxy) is 3. The van der Waals surface area contributed by atoms with Crippen molar-refractivity contribution in [2.75, 3.05) is 18.6 Å². The van der Waals surface area contributed by atoms with Crippen molar-refractivity contribution in [2.45, 2.75) is 39.2 Å². The van der Waals surface area contributed by atoms with Crippen molar-refractivity contribution in [1.82, 2.24) is 0 Å². The van der Waals surface area contributed by atoms with Crippen molar-refractivity contribution >= 4 is 29.1 Å². The lowest BCUT2D eigenvalue weighted by molar-refractivity contribution is -0.132. The molecular formula is C31H31NO7. The van der Waals surface area contributed by atoms with Crippen LogP contribution in [0.3, 0.4) is 0 Å². The highest BCUT2D eigenvalue weighted by atomic mass is 16.5. The van der Waals surface area contributed by atoms with Gasteiger partial charge in [0, 0.05) is 18.2 Å². The van der Waals surface area contributed by atoms with Crippen molar-refractivity contribution in [3.63, 3.8) is 0 Å². The molecule has 1 saturated heterocycles. The fraction of sp³-hybridized carbons (Fsp3) is 0.258. The number of aliphatic hydroxyl groups is 1. The Morgan fingerprint density at radius 3 is 2.08 bits per heavy atom. The highest BCUT2D eigenvalue weighted by Gasteiger charge is 2.47. The highest BCUT2D eigenvalue weighted by Crippen LogP contribution is 2.43. The van der Waals surface area contributed by atoms with Gasteiger partial charge in [0.15, 0.2) is 0 Å². The number of nitrogens with zero attached hydrogens (tertiary/aromatic N) is 1. The zero-order chi connectivity index (χ0) is 27.9. The van der Waals surface area contributed by atoms with Crippen LogP contribution >= 0.6 is 0 Å². The van der Waals surface area contributed by atoms with Crippen LogP contribution in [0, 0.1) is 0 Å². The highest BCUT2D eigenvalue weighted by molar-refractivity contribution is 6.51. The molecule has 0 saturated carbocycles. The molecule has 0 radical (unpaired) electrons. The Labute approximate surface area is 227 Å². The molecule has 39 heavy (non-hydrogen) atoms. The topological polar surface area (TPSA) is 102 Å². The summed E-state index contributed by atoms with van der Waals surface area (Å²) >= 11 is 0.